The van der Waals surface area contributed by atoms with Gasteiger partial charge in [0, 0.05) is 26.3 Å². The monoisotopic (exact) mass is 491 g/mol. The number of nitrogens with zero attached hydrogens (tertiary/aromatic N) is 1. The van der Waals surface area contributed by atoms with Crippen LogP contribution < -0.4 is 10.6 Å². The number of nitrogens with one attached hydrogen (secondary N) is 2. The fourth-order valence-electron chi connectivity index (χ4n) is 2.51. The van der Waals surface area contributed by atoms with Crippen LogP contribution in [-0.4, -0.2) is 43.9 Å². The van der Waals surface area contributed by atoms with Crippen LogP contribution in [0, 0.1) is 0 Å². The average Bonchev–Trinajstić information content (AvgIpc) is 2.61. The highest BCUT2D eigenvalue weighted by Crippen LogP contribution is 2.24. The van der Waals surface area contributed by atoms with Gasteiger partial charge in [0.25, 0.3) is 0 Å². The first-order valence-electron chi connectivity index (χ1n) is 9.76. The maximum absolute atomic E-state index is 10.4. The minimum Gasteiger partial charge on any atom is -0.386 e. The summed E-state index contributed by atoms with van der Waals surface area (Å²) in [6.45, 7) is 14.1. The molecule has 0 aliphatic carbocycles. The van der Waals surface area contributed by atoms with Crippen molar-refractivity contribution in [3.05, 3.63) is 35.4 Å². The van der Waals surface area contributed by atoms with Crippen molar-refractivity contribution in [3.8, 4) is 0 Å². The Morgan fingerprint density at radius 1 is 1.11 bits per heavy atom. The van der Waals surface area contributed by atoms with Crippen molar-refractivity contribution in [2.45, 2.75) is 59.0 Å². The summed E-state index contributed by atoms with van der Waals surface area (Å²) < 4.78 is 5.34. The second kappa shape index (κ2) is 14.2. The molecule has 1 aromatic rings. The third kappa shape index (κ3) is 10.9. The molecule has 0 aliphatic rings. The topological polar surface area (TPSA) is 65.9 Å². The number of hydrogen-bond acceptors (Lipinski definition) is 3. The minimum atomic E-state index is -0.600. The van der Waals surface area contributed by atoms with Crippen molar-refractivity contribution in [2.75, 3.05) is 32.8 Å². The molecule has 0 fully saturated rings. The Balaban J connectivity index is 0.00000676. The summed E-state index contributed by atoms with van der Waals surface area (Å²) in [6, 6.07) is 8.16. The standard InChI is InChI=1S/C21H37N3O2.HI/c1-6-22-20(23-14-8-9-15-26-7-2)24-16-19(25)17-10-12-18(13-11-17)21(3,4)5;/h10-13,19,25H,6-9,14-16H2,1-5H3,(H2,22,23,24);1H. The quantitative estimate of drug-likeness (QED) is 0.200. The van der Waals surface area contributed by atoms with E-state index in [4.69, 9.17) is 4.74 Å². The number of aliphatic hydroxyl groups is 1. The van der Waals surface area contributed by atoms with Crippen LogP contribution in [-0.2, 0) is 10.2 Å². The van der Waals surface area contributed by atoms with Crippen molar-refractivity contribution < 1.29 is 9.84 Å². The van der Waals surface area contributed by atoms with E-state index in [0.717, 1.165) is 50.7 Å². The Labute approximate surface area is 182 Å². The van der Waals surface area contributed by atoms with Gasteiger partial charge in [0.15, 0.2) is 5.96 Å². The first kappa shape index (κ1) is 26.1. The highest BCUT2D eigenvalue weighted by molar-refractivity contribution is 14.0. The number of aliphatic hydroxyl groups excluding tert-OH is 1. The molecule has 6 heteroatoms. The van der Waals surface area contributed by atoms with E-state index in [0.29, 0.717) is 6.54 Å². The average molecular weight is 491 g/mol. The largest absolute Gasteiger partial charge is 0.386 e. The predicted molar refractivity (Wildman–Crippen MR) is 125 cm³/mol. The van der Waals surface area contributed by atoms with Crippen molar-refractivity contribution >= 4 is 29.9 Å². The van der Waals surface area contributed by atoms with E-state index in [2.05, 4.69) is 48.5 Å². The van der Waals surface area contributed by atoms with Crippen LogP contribution >= 0.6 is 24.0 Å². The Morgan fingerprint density at radius 3 is 2.33 bits per heavy atom. The number of hydrogen-bond donors (Lipinski definition) is 3. The van der Waals surface area contributed by atoms with Gasteiger partial charge in [-0.2, -0.15) is 0 Å². The Kier molecular flexibility index (Phi) is 13.7. The van der Waals surface area contributed by atoms with Crippen LogP contribution in [0.25, 0.3) is 0 Å². The molecule has 0 saturated heterocycles. The SMILES string of the molecule is CCNC(=NCC(O)c1ccc(C(C)(C)C)cc1)NCCCCOCC.I. The van der Waals surface area contributed by atoms with Crippen molar-refractivity contribution in [1.29, 1.82) is 0 Å². The molecule has 0 aliphatic heterocycles. The highest BCUT2D eigenvalue weighted by Gasteiger charge is 2.14. The number of unbranched alkanes of at least 4 members (excludes halogenated alkanes) is 1. The summed E-state index contributed by atoms with van der Waals surface area (Å²) in [5, 5.41) is 16.9. The van der Waals surface area contributed by atoms with E-state index < -0.39 is 6.10 Å². The molecule has 0 heterocycles. The zero-order valence-electron chi connectivity index (χ0n) is 17.5. The Hall–Kier alpha value is -0.860. The van der Waals surface area contributed by atoms with Gasteiger partial charge in [0.05, 0.1) is 12.6 Å². The molecule has 1 unspecified atom stereocenters. The molecule has 0 radical (unpaired) electrons. The Morgan fingerprint density at radius 2 is 1.78 bits per heavy atom. The lowest BCUT2D eigenvalue weighted by atomic mass is 9.86. The minimum absolute atomic E-state index is 0. The first-order valence-corrected chi connectivity index (χ1v) is 9.76. The molecular formula is C21H38IN3O2. The molecule has 1 atom stereocenters. The molecule has 27 heavy (non-hydrogen) atoms. The summed E-state index contributed by atoms with van der Waals surface area (Å²) >= 11 is 0. The fraction of sp³-hybridized carbons (Fsp3) is 0.667. The molecule has 5 nitrogen and oxygen atoms in total. The van der Waals surface area contributed by atoms with Gasteiger partial charge in [-0.25, -0.2) is 0 Å². The van der Waals surface area contributed by atoms with Crippen LogP contribution in [0.15, 0.2) is 29.3 Å². The molecule has 1 aromatic carbocycles. The summed E-state index contributed by atoms with van der Waals surface area (Å²) in [5.74, 6) is 0.745. The van der Waals surface area contributed by atoms with Gasteiger partial charge in [-0.05, 0) is 43.2 Å². The third-order valence-corrected chi connectivity index (χ3v) is 4.14. The van der Waals surface area contributed by atoms with Gasteiger partial charge in [0.2, 0.25) is 0 Å². The number of guanidine groups is 1. The van der Waals surface area contributed by atoms with Crippen LogP contribution in [0.3, 0.4) is 0 Å². The predicted octanol–water partition coefficient (Wildman–Crippen LogP) is 4.01. The number of benzene rings is 1. The smallest absolute Gasteiger partial charge is 0.191 e. The van der Waals surface area contributed by atoms with E-state index in [1.54, 1.807) is 0 Å². The molecule has 1 rings (SSSR count). The molecule has 0 bridgehead atoms. The first-order chi connectivity index (χ1) is 12.4. The van der Waals surface area contributed by atoms with Crippen LogP contribution in [0.4, 0.5) is 0 Å². The van der Waals surface area contributed by atoms with Crippen LogP contribution in [0.1, 0.15) is 64.7 Å². The van der Waals surface area contributed by atoms with E-state index in [-0.39, 0.29) is 29.4 Å². The molecular weight excluding hydrogens is 453 g/mol. The van der Waals surface area contributed by atoms with Crippen LogP contribution in [0.5, 0.6) is 0 Å². The van der Waals surface area contributed by atoms with Gasteiger partial charge in [-0.1, -0.05) is 45.0 Å². The second-order valence-corrected chi connectivity index (χ2v) is 7.44. The summed E-state index contributed by atoms with van der Waals surface area (Å²) in [4.78, 5) is 4.51. The third-order valence-electron chi connectivity index (χ3n) is 4.14. The Bertz CT molecular complexity index is 527. The number of aliphatic imine (C=N–C) groups is 1. The summed E-state index contributed by atoms with van der Waals surface area (Å²) in [6.07, 6.45) is 1.46. The van der Waals surface area contributed by atoms with Gasteiger partial charge < -0.3 is 20.5 Å². The number of halogens is 1. The number of ether oxygens (including phenoxy) is 1. The fourth-order valence-corrected chi connectivity index (χ4v) is 2.51. The molecule has 3 N–H and O–H groups in total. The molecule has 0 saturated carbocycles. The maximum atomic E-state index is 10.4. The maximum Gasteiger partial charge on any atom is 0.191 e. The second-order valence-electron chi connectivity index (χ2n) is 7.44. The van der Waals surface area contributed by atoms with E-state index in [9.17, 15) is 5.11 Å². The van der Waals surface area contributed by atoms with Gasteiger partial charge >= 0.3 is 0 Å². The van der Waals surface area contributed by atoms with Gasteiger partial charge in [-0.3, -0.25) is 4.99 Å². The van der Waals surface area contributed by atoms with Gasteiger partial charge in [0.1, 0.15) is 0 Å². The summed E-state index contributed by atoms with van der Waals surface area (Å²) in [7, 11) is 0. The lowest BCUT2D eigenvalue weighted by Crippen LogP contribution is -2.38. The van der Waals surface area contributed by atoms with Crippen molar-refractivity contribution in [2.24, 2.45) is 4.99 Å². The molecule has 156 valence electrons. The normalized spacial score (nSPS) is 13.0. The highest BCUT2D eigenvalue weighted by atomic mass is 127. The van der Waals surface area contributed by atoms with E-state index >= 15 is 0 Å². The lowest BCUT2D eigenvalue weighted by molar-refractivity contribution is 0.143. The van der Waals surface area contributed by atoms with E-state index in [1.165, 1.54) is 5.56 Å². The number of rotatable bonds is 10. The molecule has 0 amide bonds. The van der Waals surface area contributed by atoms with Crippen molar-refractivity contribution in [1.82, 2.24) is 10.6 Å². The summed E-state index contributed by atoms with van der Waals surface area (Å²) in [5.41, 5.74) is 2.28. The van der Waals surface area contributed by atoms with E-state index in [1.807, 2.05) is 26.0 Å². The zero-order chi connectivity index (χ0) is 19.4. The van der Waals surface area contributed by atoms with Gasteiger partial charge in [-0.15, -0.1) is 24.0 Å². The zero-order valence-corrected chi connectivity index (χ0v) is 19.9. The molecule has 0 aromatic heterocycles. The molecule has 0 spiro atoms. The van der Waals surface area contributed by atoms with Crippen molar-refractivity contribution in [3.63, 3.8) is 0 Å². The lowest BCUT2D eigenvalue weighted by Gasteiger charge is -2.20. The van der Waals surface area contributed by atoms with Crippen LogP contribution in [0.2, 0.25) is 0 Å².